The average Bonchev–Trinajstić information content (AvgIpc) is 3.17. The van der Waals surface area contributed by atoms with Crippen molar-refractivity contribution < 1.29 is 22.4 Å². The minimum Gasteiger partial charge on any atom is -0.468 e. The van der Waals surface area contributed by atoms with Gasteiger partial charge in [0.25, 0.3) is 0 Å². The molecule has 1 N–H and O–H groups in total. The fourth-order valence-corrected chi connectivity index (χ4v) is 3.64. The van der Waals surface area contributed by atoms with Crippen molar-refractivity contribution in [2.45, 2.75) is 40.8 Å². The fraction of sp³-hybridized carbons (Fsp3) is 0.471. The first-order valence-corrected chi connectivity index (χ1v) is 9.76. The van der Waals surface area contributed by atoms with Crippen LogP contribution in [0.5, 0.6) is 0 Å². The van der Waals surface area contributed by atoms with Crippen molar-refractivity contribution in [2.24, 2.45) is 0 Å². The minimum absolute atomic E-state index is 0.0129. The second kappa shape index (κ2) is 7.88. The summed E-state index contributed by atoms with van der Waals surface area (Å²) in [4.78, 5) is 15.0. The third-order valence-electron chi connectivity index (χ3n) is 4.08. The topological polar surface area (TPSA) is 92.6 Å². The van der Waals surface area contributed by atoms with Crippen molar-refractivity contribution in [3.8, 4) is 0 Å². The number of H-pyrrole nitrogens is 1. The number of aromatic amines is 1. The van der Waals surface area contributed by atoms with E-state index in [1.807, 2.05) is 6.92 Å². The lowest BCUT2D eigenvalue weighted by Gasteiger charge is -2.21. The van der Waals surface area contributed by atoms with Crippen molar-refractivity contribution in [1.82, 2.24) is 9.29 Å². The average molecular weight is 368 g/mol. The second-order valence-corrected chi connectivity index (χ2v) is 7.95. The summed E-state index contributed by atoms with van der Waals surface area (Å²) in [7, 11) is -3.45. The molecule has 2 rings (SSSR count). The first-order valence-electron chi connectivity index (χ1n) is 8.15. The van der Waals surface area contributed by atoms with Crippen LogP contribution in [0.2, 0.25) is 0 Å². The summed E-state index contributed by atoms with van der Waals surface area (Å²) in [5.74, 6) is 0.111. The molecule has 2 aromatic rings. The zero-order chi connectivity index (χ0) is 18.6. The molecule has 2 aromatic heterocycles. The largest absolute Gasteiger partial charge is 0.468 e. The number of esters is 1. The normalized spacial score (nSPS) is 11.9. The highest BCUT2D eigenvalue weighted by Crippen LogP contribution is 2.23. The lowest BCUT2D eigenvalue weighted by atomic mass is 10.1. The van der Waals surface area contributed by atoms with Gasteiger partial charge in [-0.05, 0) is 51.0 Å². The smallest absolute Gasteiger partial charge is 0.355 e. The first-order chi connectivity index (χ1) is 11.8. The summed E-state index contributed by atoms with van der Waals surface area (Å²) < 4.78 is 36.6. The summed E-state index contributed by atoms with van der Waals surface area (Å²) in [6.45, 7) is 7.52. The minimum atomic E-state index is -3.45. The number of nitrogens with one attached hydrogen (secondary N) is 1. The van der Waals surface area contributed by atoms with E-state index in [4.69, 9.17) is 9.15 Å². The third-order valence-corrected chi connectivity index (χ3v) is 5.85. The summed E-state index contributed by atoms with van der Waals surface area (Å²) in [6, 6.07) is 3.46. The molecule has 0 aliphatic carbocycles. The van der Waals surface area contributed by atoms with Gasteiger partial charge in [-0.2, -0.15) is 4.31 Å². The molecule has 0 fully saturated rings. The number of hydrogen-bond donors (Lipinski definition) is 1. The first kappa shape index (κ1) is 19.3. The van der Waals surface area contributed by atoms with Gasteiger partial charge in [-0.1, -0.05) is 0 Å². The Hall–Kier alpha value is -2.06. The molecule has 0 radical (unpaired) electrons. The highest BCUT2D eigenvalue weighted by molar-refractivity contribution is 7.89. The quantitative estimate of drug-likeness (QED) is 0.723. The maximum atomic E-state index is 12.5. The molecule has 138 valence electrons. The van der Waals surface area contributed by atoms with Crippen LogP contribution in [0, 0.1) is 13.8 Å². The Labute approximate surface area is 148 Å². The molecule has 0 aliphatic heterocycles. The number of carbonyl (C=O) groups is 1. The standard InChI is InChI=1S/C17H24N2O5S/c1-5-23-17(20)16-12(3)15(13(4)18-16)11-19(25(21,22)6-2)10-14-8-7-9-24-14/h7-9,18H,5-6,10-11H2,1-4H3. The lowest BCUT2D eigenvalue weighted by Crippen LogP contribution is -2.31. The number of ether oxygens (including phenoxy) is 1. The number of nitrogens with zero attached hydrogens (tertiary/aromatic N) is 1. The van der Waals surface area contributed by atoms with Crippen LogP contribution in [0.25, 0.3) is 0 Å². The molecule has 0 unspecified atom stereocenters. The van der Waals surface area contributed by atoms with Gasteiger partial charge in [0.05, 0.1) is 25.2 Å². The number of rotatable bonds is 8. The summed E-state index contributed by atoms with van der Waals surface area (Å²) in [5, 5.41) is 0. The van der Waals surface area contributed by atoms with E-state index >= 15 is 0 Å². The van der Waals surface area contributed by atoms with E-state index in [2.05, 4.69) is 4.98 Å². The maximum Gasteiger partial charge on any atom is 0.355 e. The Morgan fingerprint density at radius 1 is 1.28 bits per heavy atom. The highest BCUT2D eigenvalue weighted by Gasteiger charge is 2.26. The molecule has 0 aromatic carbocycles. The molecule has 25 heavy (non-hydrogen) atoms. The second-order valence-electron chi connectivity index (χ2n) is 5.70. The van der Waals surface area contributed by atoms with Crippen molar-refractivity contribution >= 4 is 16.0 Å². The molecule has 0 saturated heterocycles. The van der Waals surface area contributed by atoms with Gasteiger partial charge < -0.3 is 14.1 Å². The van der Waals surface area contributed by atoms with E-state index in [1.165, 1.54) is 10.6 Å². The monoisotopic (exact) mass is 368 g/mol. The van der Waals surface area contributed by atoms with E-state index in [0.717, 1.165) is 11.3 Å². The molecular weight excluding hydrogens is 344 g/mol. The number of furan rings is 1. The number of aromatic nitrogens is 1. The van der Waals surface area contributed by atoms with Crippen LogP contribution < -0.4 is 0 Å². The predicted molar refractivity (Wildman–Crippen MR) is 93.6 cm³/mol. The number of aryl methyl sites for hydroxylation is 1. The van der Waals surface area contributed by atoms with Gasteiger partial charge in [-0.3, -0.25) is 0 Å². The zero-order valence-corrected chi connectivity index (χ0v) is 15.8. The van der Waals surface area contributed by atoms with Gasteiger partial charge in [0.15, 0.2) is 0 Å². The van der Waals surface area contributed by atoms with E-state index in [0.29, 0.717) is 17.0 Å². The molecule has 2 heterocycles. The third kappa shape index (κ3) is 4.32. The van der Waals surface area contributed by atoms with Gasteiger partial charge >= 0.3 is 5.97 Å². The summed E-state index contributed by atoms with van der Waals surface area (Å²) >= 11 is 0. The van der Waals surface area contributed by atoms with Crippen LogP contribution in [-0.4, -0.2) is 36.0 Å². The van der Waals surface area contributed by atoms with Crippen LogP contribution in [0.4, 0.5) is 0 Å². The SMILES string of the molecule is CCOC(=O)c1[nH]c(C)c(CN(Cc2ccco2)S(=O)(=O)CC)c1C. The molecule has 7 nitrogen and oxygen atoms in total. The Balaban J connectivity index is 2.34. The van der Waals surface area contributed by atoms with E-state index < -0.39 is 16.0 Å². The Morgan fingerprint density at radius 2 is 2.00 bits per heavy atom. The van der Waals surface area contributed by atoms with E-state index in [9.17, 15) is 13.2 Å². The number of hydrogen-bond acceptors (Lipinski definition) is 5. The van der Waals surface area contributed by atoms with Crippen LogP contribution in [0.1, 0.15) is 46.9 Å². The molecule has 0 saturated carbocycles. The molecule has 0 aliphatic rings. The van der Waals surface area contributed by atoms with Gasteiger partial charge in [-0.15, -0.1) is 0 Å². The van der Waals surface area contributed by atoms with Crippen molar-refractivity contribution in [3.05, 3.63) is 46.7 Å². The van der Waals surface area contributed by atoms with Gasteiger partial charge in [0, 0.05) is 12.2 Å². The van der Waals surface area contributed by atoms with E-state index in [1.54, 1.807) is 32.9 Å². The number of carbonyl (C=O) groups excluding carboxylic acids is 1. The van der Waals surface area contributed by atoms with Gasteiger partial charge in [0.2, 0.25) is 10.0 Å². The number of sulfonamides is 1. The molecule has 0 amide bonds. The molecule has 0 bridgehead atoms. The molecule has 8 heteroatoms. The zero-order valence-electron chi connectivity index (χ0n) is 15.0. The van der Waals surface area contributed by atoms with Crippen LogP contribution in [-0.2, 0) is 27.8 Å². The van der Waals surface area contributed by atoms with E-state index in [-0.39, 0.29) is 25.4 Å². The summed E-state index contributed by atoms with van der Waals surface area (Å²) in [5.41, 5.74) is 2.58. The van der Waals surface area contributed by atoms with Crippen LogP contribution >= 0.6 is 0 Å². The Kier molecular flexibility index (Phi) is 6.07. The van der Waals surface area contributed by atoms with Gasteiger partial charge in [-0.25, -0.2) is 13.2 Å². The Morgan fingerprint density at radius 3 is 2.56 bits per heavy atom. The van der Waals surface area contributed by atoms with Crippen LogP contribution in [0.15, 0.2) is 22.8 Å². The predicted octanol–water partition coefficient (Wildman–Crippen LogP) is 2.75. The maximum absolute atomic E-state index is 12.5. The lowest BCUT2D eigenvalue weighted by molar-refractivity contribution is 0.0519. The highest BCUT2D eigenvalue weighted by atomic mass is 32.2. The molecule has 0 atom stereocenters. The Bertz CT molecular complexity index is 822. The fourth-order valence-electron chi connectivity index (χ4n) is 2.62. The molecule has 0 spiro atoms. The summed E-state index contributed by atoms with van der Waals surface area (Å²) in [6.07, 6.45) is 1.51. The van der Waals surface area contributed by atoms with Gasteiger partial charge in [0.1, 0.15) is 11.5 Å². The van der Waals surface area contributed by atoms with Crippen molar-refractivity contribution in [3.63, 3.8) is 0 Å². The van der Waals surface area contributed by atoms with Crippen molar-refractivity contribution in [1.29, 1.82) is 0 Å². The molecular formula is C17H24N2O5S. The van der Waals surface area contributed by atoms with Crippen LogP contribution in [0.3, 0.4) is 0 Å². The van der Waals surface area contributed by atoms with Crippen molar-refractivity contribution in [2.75, 3.05) is 12.4 Å².